The second-order valence-corrected chi connectivity index (χ2v) is 4.90. The highest BCUT2D eigenvalue weighted by Gasteiger charge is 2.12. The molecule has 0 saturated heterocycles. The molecule has 2 heterocycles. The third kappa shape index (κ3) is 3.22. The Morgan fingerprint density at radius 1 is 1.17 bits per heavy atom. The Bertz CT molecular complexity index is 882. The van der Waals surface area contributed by atoms with E-state index in [1.165, 1.54) is 12.3 Å². The van der Waals surface area contributed by atoms with Crippen molar-refractivity contribution in [2.75, 3.05) is 5.32 Å². The van der Waals surface area contributed by atoms with Crippen molar-refractivity contribution >= 4 is 11.6 Å². The summed E-state index contributed by atoms with van der Waals surface area (Å²) in [4.78, 5) is 26.9. The Kier molecular flexibility index (Phi) is 4.07. The first kappa shape index (κ1) is 14.8. The van der Waals surface area contributed by atoms with Gasteiger partial charge in [-0.15, -0.1) is 0 Å². The van der Waals surface area contributed by atoms with E-state index in [4.69, 9.17) is 9.52 Å². The van der Waals surface area contributed by atoms with Gasteiger partial charge in [0.15, 0.2) is 0 Å². The van der Waals surface area contributed by atoms with Gasteiger partial charge in [-0.1, -0.05) is 12.1 Å². The molecule has 0 fully saturated rings. The Hall–Kier alpha value is -3.12. The molecule has 1 aromatic carbocycles. The third-order valence-electron chi connectivity index (χ3n) is 3.31. The number of carbonyl (C=O) groups excluding carboxylic acids is 1. The van der Waals surface area contributed by atoms with E-state index in [2.05, 4.69) is 10.3 Å². The number of anilines is 1. The first-order chi connectivity index (χ1) is 11.2. The van der Waals surface area contributed by atoms with Crippen molar-refractivity contribution in [3.63, 3.8) is 0 Å². The predicted octanol–water partition coefficient (Wildman–Crippen LogP) is 2.38. The van der Waals surface area contributed by atoms with E-state index >= 15 is 0 Å². The molecule has 0 radical (unpaired) electrons. The van der Waals surface area contributed by atoms with Gasteiger partial charge in [0.25, 0.3) is 11.5 Å². The van der Waals surface area contributed by atoms with Crippen LogP contribution in [0.25, 0.3) is 11.5 Å². The van der Waals surface area contributed by atoms with Gasteiger partial charge in [-0.25, -0.2) is 0 Å². The largest absolute Gasteiger partial charge is 0.463 e. The molecular formula is C17H14N2O4. The Morgan fingerprint density at radius 2 is 2.04 bits per heavy atom. The number of amides is 1. The number of aromatic amines is 1. The van der Waals surface area contributed by atoms with Crippen LogP contribution < -0.4 is 10.9 Å². The van der Waals surface area contributed by atoms with Gasteiger partial charge in [0, 0.05) is 5.69 Å². The van der Waals surface area contributed by atoms with Gasteiger partial charge in [-0.05, 0) is 42.0 Å². The van der Waals surface area contributed by atoms with Gasteiger partial charge >= 0.3 is 0 Å². The van der Waals surface area contributed by atoms with E-state index in [1.807, 2.05) is 0 Å². The number of carbonyl (C=O) groups is 1. The number of aliphatic hydroxyl groups excluding tert-OH is 1. The lowest BCUT2D eigenvalue weighted by molar-refractivity contribution is 0.102. The second kappa shape index (κ2) is 6.33. The van der Waals surface area contributed by atoms with Crippen molar-refractivity contribution in [2.24, 2.45) is 0 Å². The Balaban J connectivity index is 1.83. The number of H-pyrrole nitrogens is 1. The summed E-state index contributed by atoms with van der Waals surface area (Å²) in [7, 11) is 0. The van der Waals surface area contributed by atoms with Gasteiger partial charge in [0.05, 0.1) is 18.6 Å². The number of aliphatic hydroxyl groups is 1. The molecule has 23 heavy (non-hydrogen) atoms. The molecule has 6 heteroatoms. The minimum Gasteiger partial charge on any atom is -0.463 e. The fourth-order valence-electron chi connectivity index (χ4n) is 2.17. The molecule has 3 aromatic rings. The molecule has 2 aromatic heterocycles. The van der Waals surface area contributed by atoms with Crippen molar-refractivity contribution in [3.05, 3.63) is 76.3 Å². The molecule has 0 spiro atoms. The zero-order valence-electron chi connectivity index (χ0n) is 12.1. The van der Waals surface area contributed by atoms with Crippen molar-refractivity contribution in [1.29, 1.82) is 0 Å². The van der Waals surface area contributed by atoms with E-state index in [-0.39, 0.29) is 12.2 Å². The fraction of sp³-hybridized carbons (Fsp3) is 0.0588. The maximum absolute atomic E-state index is 12.2. The highest BCUT2D eigenvalue weighted by Crippen LogP contribution is 2.16. The topological polar surface area (TPSA) is 95.3 Å². The SMILES string of the molecule is O=C(Nc1cccc(CO)c1)c1ccc(-c2ccco2)[nH]c1=O. The standard InChI is InChI=1S/C17H14N2O4/c20-10-11-3-1-4-12(9-11)18-16(21)13-6-7-14(19-17(13)22)15-5-2-8-23-15/h1-9,20H,10H2,(H,18,21)(H,19,22). The van der Waals surface area contributed by atoms with Crippen molar-refractivity contribution in [1.82, 2.24) is 4.98 Å². The summed E-state index contributed by atoms with van der Waals surface area (Å²) in [5, 5.41) is 11.7. The van der Waals surface area contributed by atoms with Crippen molar-refractivity contribution in [2.45, 2.75) is 6.61 Å². The summed E-state index contributed by atoms with van der Waals surface area (Å²) in [6.07, 6.45) is 1.50. The second-order valence-electron chi connectivity index (χ2n) is 4.90. The lowest BCUT2D eigenvalue weighted by Crippen LogP contribution is -2.23. The average Bonchev–Trinajstić information content (AvgIpc) is 3.09. The molecule has 1 amide bonds. The number of benzene rings is 1. The van der Waals surface area contributed by atoms with E-state index in [9.17, 15) is 9.59 Å². The van der Waals surface area contributed by atoms with Gasteiger partial charge in [-0.2, -0.15) is 0 Å². The molecule has 0 aliphatic heterocycles. The lowest BCUT2D eigenvalue weighted by Gasteiger charge is -2.06. The number of nitrogens with one attached hydrogen (secondary N) is 2. The molecule has 6 nitrogen and oxygen atoms in total. The first-order valence-corrected chi connectivity index (χ1v) is 6.96. The molecule has 3 rings (SSSR count). The maximum atomic E-state index is 12.2. The maximum Gasteiger partial charge on any atom is 0.261 e. The highest BCUT2D eigenvalue weighted by atomic mass is 16.3. The monoisotopic (exact) mass is 310 g/mol. The van der Waals surface area contributed by atoms with Crippen LogP contribution in [0.4, 0.5) is 5.69 Å². The van der Waals surface area contributed by atoms with Crippen LogP contribution in [-0.2, 0) is 6.61 Å². The Morgan fingerprint density at radius 3 is 2.74 bits per heavy atom. The van der Waals surface area contributed by atoms with Crippen LogP contribution in [-0.4, -0.2) is 16.0 Å². The summed E-state index contributed by atoms with van der Waals surface area (Å²) < 4.78 is 5.20. The normalized spacial score (nSPS) is 10.5. The third-order valence-corrected chi connectivity index (χ3v) is 3.31. The van der Waals surface area contributed by atoms with Crippen LogP contribution in [0, 0.1) is 0 Å². The minimum absolute atomic E-state index is 0.00490. The molecule has 0 aliphatic rings. The molecule has 0 bridgehead atoms. The van der Waals surface area contributed by atoms with Crippen LogP contribution in [0.1, 0.15) is 15.9 Å². The Labute approximate surface area is 131 Å². The van der Waals surface area contributed by atoms with Crippen LogP contribution in [0.5, 0.6) is 0 Å². The van der Waals surface area contributed by atoms with Gasteiger partial charge in [0.1, 0.15) is 11.3 Å². The molecule has 0 aliphatic carbocycles. The molecule has 116 valence electrons. The summed E-state index contributed by atoms with van der Waals surface area (Å²) >= 11 is 0. The minimum atomic E-state index is -0.521. The summed E-state index contributed by atoms with van der Waals surface area (Å²) in [5.41, 5.74) is 1.17. The van der Waals surface area contributed by atoms with E-state index in [1.54, 1.807) is 42.5 Å². The van der Waals surface area contributed by atoms with Crippen LogP contribution in [0.3, 0.4) is 0 Å². The van der Waals surface area contributed by atoms with E-state index < -0.39 is 11.5 Å². The number of furan rings is 1. The smallest absolute Gasteiger partial charge is 0.261 e. The average molecular weight is 310 g/mol. The zero-order valence-corrected chi connectivity index (χ0v) is 12.1. The number of hydrogen-bond donors (Lipinski definition) is 3. The van der Waals surface area contributed by atoms with Crippen molar-refractivity contribution in [3.8, 4) is 11.5 Å². The predicted molar refractivity (Wildman–Crippen MR) is 85.1 cm³/mol. The van der Waals surface area contributed by atoms with Gasteiger partial charge in [-0.3, -0.25) is 9.59 Å². The molecule has 3 N–H and O–H groups in total. The van der Waals surface area contributed by atoms with Crippen LogP contribution >= 0.6 is 0 Å². The van der Waals surface area contributed by atoms with Crippen molar-refractivity contribution < 1.29 is 14.3 Å². The van der Waals surface area contributed by atoms with Gasteiger partial charge in [0.2, 0.25) is 0 Å². The lowest BCUT2D eigenvalue weighted by atomic mass is 10.2. The molecule has 0 unspecified atom stereocenters. The molecule has 0 saturated carbocycles. The molecular weight excluding hydrogens is 296 g/mol. The first-order valence-electron chi connectivity index (χ1n) is 6.96. The number of rotatable bonds is 4. The fourth-order valence-corrected chi connectivity index (χ4v) is 2.17. The summed E-state index contributed by atoms with van der Waals surface area (Å²) in [6, 6.07) is 13.3. The summed E-state index contributed by atoms with van der Waals surface area (Å²) in [6.45, 7) is -0.123. The zero-order chi connectivity index (χ0) is 16.2. The molecule has 0 atom stereocenters. The van der Waals surface area contributed by atoms with Crippen LogP contribution in [0.2, 0.25) is 0 Å². The van der Waals surface area contributed by atoms with E-state index in [0.717, 1.165) is 0 Å². The number of aromatic nitrogens is 1. The number of pyridine rings is 1. The van der Waals surface area contributed by atoms with E-state index in [0.29, 0.717) is 22.7 Å². The van der Waals surface area contributed by atoms with Crippen LogP contribution in [0.15, 0.2) is 64.0 Å². The number of hydrogen-bond acceptors (Lipinski definition) is 4. The van der Waals surface area contributed by atoms with Gasteiger partial charge < -0.3 is 19.8 Å². The summed E-state index contributed by atoms with van der Waals surface area (Å²) in [5.74, 6) is -0.00274. The quantitative estimate of drug-likeness (QED) is 0.689. The highest BCUT2D eigenvalue weighted by molar-refractivity contribution is 6.04.